The molecule has 0 spiro atoms. The van der Waals surface area contributed by atoms with Crippen molar-refractivity contribution in [3.63, 3.8) is 0 Å². The first-order valence-corrected chi connectivity index (χ1v) is 7.38. The molecule has 5 nitrogen and oxygen atoms in total. The van der Waals surface area contributed by atoms with Crippen LogP contribution in [0.3, 0.4) is 0 Å². The molecule has 0 radical (unpaired) electrons. The Morgan fingerprint density at radius 2 is 2.33 bits per heavy atom. The van der Waals surface area contributed by atoms with Crippen molar-refractivity contribution >= 4 is 29.2 Å². The average Bonchev–Trinajstić information content (AvgIpc) is 2.79. The highest BCUT2D eigenvalue weighted by Crippen LogP contribution is 2.16. The summed E-state index contributed by atoms with van der Waals surface area (Å²) in [5, 5.41) is 11.9. The first-order valence-electron chi connectivity index (χ1n) is 6.97. The molecule has 0 fully saturated rings. The Kier molecular flexibility index (Phi) is 4.76. The number of rotatable bonds is 5. The second-order valence-electron chi connectivity index (χ2n) is 5.05. The molecule has 0 saturated heterocycles. The van der Waals surface area contributed by atoms with E-state index in [-0.39, 0.29) is 11.9 Å². The van der Waals surface area contributed by atoms with Gasteiger partial charge in [-0.05, 0) is 43.8 Å². The van der Waals surface area contributed by atoms with Crippen LogP contribution in [0.4, 0.5) is 0 Å². The van der Waals surface area contributed by atoms with Crippen LogP contribution in [0, 0.1) is 16.1 Å². The summed E-state index contributed by atoms with van der Waals surface area (Å²) in [5.74, 6) is 0.0111. The molecule has 6 heteroatoms. The van der Waals surface area contributed by atoms with Gasteiger partial charge in [0.05, 0.1) is 22.7 Å². The van der Waals surface area contributed by atoms with Crippen molar-refractivity contribution < 1.29 is 4.79 Å². The van der Waals surface area contributed by atoms with Crippen LogP contribution in [0.15, 0.2) is 18.2 Å². The van der Waals surface area contributed by atoms with Crippen LogP contribution in [0.1, 0.15) is 32.3 Å². The molecule has 2 N–H and O–H groups in total. The van der Waals surface area contributed by atoms with Crippen LogP contribution in [0.2, 0.25) is 0 Å². The summed E-state index contributed by atoms with van der Waals surface area (Å²) in [7, 11) is 0. The molecule has 0 aliphatic heterocycles. The summed E-state index contributed by atoms with van der Waals surface area (Å²) in [4.78, 5) is 14.9. The fourth-order valence-corrected chi connectivity index (χ4v) is 2.41. The molecule has 1 heterocycles. The van der Waals surface area contributed by atoms with E-state index in [4.69, 9.17) is 17.5 Å². The van der Waals surface area contributed by atoms with Gasteiger partial charge in [-0.3, -0.25) is 4.79 Å². The second-order valence-corrected chi connectivity index (χ2v) is 5.44. The van der Waals surface area contributed by atoms with Crippen LogP contribution >= 0.6 is 12.2 Å². The molecule has 1 aromatic heterocycles. The van der Waals surface area contributed by atoms with Crippen molar-refractivity contribution in [2.75, 3.05) is 0 Å². The molecular weight excluding hydrogens is 284 g/mol. The number of imidazole rings is 1. The zero-order chi connectivity index (χ0) is 15.4. The van der Waals surface area contributed by atoms with Crippen molar-refractivity contribution in [2.24, 2.45) is 0 Å². The van der Waals surface area contributed by atoms with Crippen molar-refractivity contribution in [2.45, 2.75) is 39.3 Å². The normalized spacial score (nSPS) is 12.0. The Hall–Kier alpha value is -2.13. The topological polar surface area (TPSA) is 73.6 Å². The van der Waals surface area contributed by atoms with Crippen LogP contribution in [-0.4, -0.2) is 21.5 Å². The van der Waals surface area contributed by atoms with E-state index in [0.717, 1.165) is 17.5 Å². The predicted octanol–water partition coefficient (Wildman–Crippen LogP) is 2.88. The number of aromatic amines is 1. The fraction of sp³-hybridized carbons (Fsp3) is 0.400. The number of fused-ring (bicyclic) bond motifs is 1. The maximum Gasteiger partial charge on any atom is 0.222 e. The second kappa shape index (κ2) is 6.55. The summed E-state index contributed by atoms with van der Waals surface area (Å²) in [6.07, 6.45) is 1.27. The van der Waals surface area contributed by atoms with Gasteiger partial charge in [0.25, 0.3) is 0 Å². The molecule has 21 heavy (non-hydrogen) atoms. The lowest BCUT2D eigenvalue weighted by Crippen LogP contribution is -2.32. The SMILES string of the molecule is CCC(C)NC(=O)CCn1c(=S)[nH]c2ccc(C#N)cc21. The number of H-pyrrole nitrogens is 1. The maximum absolute atomic E-state index is 11.9. The third kappa shape index (κ3) is 3.50. The quantitative estimate of drug-likeness (QED) is 0.834. The van der Waals surface area contributed by atoms with Gasteiger partial charge in [0.1, 0.15) is 0 Å². The Morgan fingerprint density at radius 1 is 1.57 bits per heavy atom. The minimum Gasteiger partial charge on any atom is -0.354 e. The minimum absolute atomic E-state index is 0.0111. The Balaban J connectivity index is 2.18. The lowest BCUT2D eigenvalue weighted by atomic mass is 10.2. The molecule has 1 amide bonds. The molecule has 0 saturated carbocycles. The number of aromatic nitrogens is 2. The Morgan fingerprint density at radius 3 is 3.00 bits per heavy atom. The van der Waals surface area contributed by atoms with E-state index >= 15 is 0 Å². The van der Waals surface area contributed by atoms with E-state index < -0.39 is 0 Å². The largest absolute Gasteiger partial charge is 0.354 e. The molecule has 0 aliphatic rings. The summed E-state index contributed by atoms with van der Waals surface area (Å²) >= 11 is 5.29. The summed E-state index contributed by atoms with van der Waals surface area (Å²) < 4.78 is 2.43. The number of carbonyl (C=O) groups excluding carboxylic acids is 1. The first-order chi connectivity index (χ1) is 10.0. The molecular formula is C15H18N4OS. The molecule has 110 valence electrons. The van der Waals surface area contributed by atoms with Gasteiger partial charge >= 0.3 is 0 Å². The number of nitrogens with one attached hydrogen (secondary N) is 2. The fourth-order valence-electron chi connectivity index (χ4n) is 2.11. The number of benzene rings is 1. The van der Waals surface area contributed by atoms with Gasteiger partial charge in [0, 0.05) is 19.0 Å². The lowest BCUT2D eigenvalue weighted by molar-refractivity contribution is -0.121. The summed E-state index contributed by atoms with van der Waals surface area (Å²) in [6.45, 7) is 4.51. The predicted molar refractivity (Wildman–Crippen MR) is 84.4 cm³/mol. The van der Waals surface area contributed by atoms with Crippen LogP contribution in [0.25, 0.3) is 11.0 Å². The maximum atomic E-state index is 11.9. The van der Waals surface area contributed by atoms with Gasteiger partial charge in [-0.15, -0.1) is 0 Å². The average molecular weight is 302 g/mol. The zero-order valence-corrected chi connectivity index (χ0v) is 13.0. The number of nitriles is 1. The van der Waals surface area contributed by atoms with Gasteiger partial charge in [0.2, 0.25) is 5.91 Å². The van der Waals surface area contributed by atoms with E-state index in [1.807, 2.05) is 24.5 Å². The van der Waals surface area contributed by atoms with E-state index in [2.05, 4.69) is 16.4 Å². The monoisotopic (exact) mass is 302 g/mol. The van der Waals surface area contributed by atoms with E-state index in [1.165, 1.54) is 0 Å². The van der Waals surface area contributed by atoms with Gasteiger partial charge in [-0.2, -0.15) is 5.26 Å². The third-order valence-electron chi connectivity index (χ3n) is 3.49. The molecule has 0 aliphatic carbocycles. The van der Waals surface area contributed by atoms with Crippen molar-refractivity contribution in [1.29, 1.82) is 5.26 Å². The molecule has 0 bridgehead atoms. The lowest BCUT2D eigenvalue weighted by Gasteiger charge is -2.11. The highest BCUT2D eigenvalue weighted by molar-refractivity contribution is 7.71. The van der Waals surface area contributed by atoms with E-state index in [1.54, 1.807) is 12.1 Å². The zero-order valence-electron chi connectivity index (χ0n) is 12.1. The Labute approximate surface area is 128 Å². The number of carbonyl (C=O) groups is 1. The highest BCUT2D eigenvalue weighted by Gasteiger charge is 2.09. The highest BCUT2D eigenvalue weighted by atomic mass is 32.1. The number of hydrogen-bond donors (Lipinski definition) is 2. The molecule has 2 aromatic rings. The minimum atomic E-state index is 0.0111. The number of nitrogens with zero attached hydrogens (tertiary/aromatic N) is 2. The third-order valence-corrected chi connectivity index (χ3v) is 3.81. The number of amides is 1. The van der Waals surface area contributed by atoms with Gasteiger partial charge in [-0.25, -0.2) is 0 Å². The summed E-state index contributed by atoms with van der Waals surface area (Å²) in [5.41, 5.74) is 2.31. The van der Waals surface area contributed by atoms with Crippen LogP contribution in [-0.2, 0) is 11.3 Å². The molecule has 1 atom stereocenters. The smallest absolute Gasteiger partial charge is 0.222 e. The van der Waals surface area contributed by atoms with Crippen molar-refractivity contribution in [3.05, 3.63) is 28.5 Å². The summed E-state index contributed by atoms with van der Waals surface area (Å²) in [6, 6.07) is 7.66. The molecule has 1 aromatic carbocycles. The van der Waals surface area contributed by atoms with Crippen molar-refractivity contribution in [3.8, 4) is 6.07 Å². The van der Waals surface area contributed by atoms with Gasteiger partial charge < -0.3 is 14.9 Å². The molecule has 1 unspecified atom stereocenters. The van der Waals surface area contributed by atoms with Crippen molar-refractivity contribution in [1.82, 2.24) is 14.9 Å². The number of hydrogen-bond acceptors (Lipinski definition) is 3. The number of aryl methyl sites for hydroxylation is 1. The van der Waals surface area contributed by atoms with E-state index in [0.29, 0.717) is 23.3 Å². The van der Waals surface area contributed by atoms with Crippen LogP contribution < -0.4 is 5.32 Å². The standard InChI is InChI=1S/C15H18N4OS/c1-3-10(2)17-14(20)6-7-19-13-8-11(9-16)4-5-12(13)18-15(19)21/h4-5,8,10H,3,6-7H2,1-2H3,(H,17,20)(H,18,21). The molecule has 2 rings (SSSR count). The van der Waals surface area contributed by atoms with E-state index in [9.17, 15) is 4.79 Å². The van der Waals surface area contributed by atoms with Gasteiger partial charge in [-0.1, -0.05) is 6.92 Å². The van der Waals surface area contributed by atoms with Gasteiger partial charge in [0.15, 0.2) is 4.77 Å². The first kappa shape index (κ1) is 15.3. The Bertz CT molecular complexity index is 753. The van der Waals surface area contributed by atoms with Crippen LogP contribution in [0.5, 0.6) is 0 Å².